The zero-order valence-corrected chi connectivity index (χ0v) is 16.4. The number of benzene rings is 3. The minimum Gasteiger partial charge on any atom is -0.465 e. The van der Waals surface area contributed by atoms with Gasteiger partial charge in [-0.15, -0.1) is 0 Å². The van der Waals surface area contributed by atoms with Gasteiger partial charge in [0, 0.05) is 0 Å². The third-order valence-corrected chi connectivity index (χ3v) is 4.62. The maximum atomic E-state index is 12.6. The highest BCUT2D eigenvalue weighted by atomic mass is 35.5. The number of carbonyl (C=O) groups is 2. The number of rotatable bonds is 5. The zero-order chi connectivity index (χ0) is 20.8. The number of anilines is 1. The van der Waals surface area contributed by atoms with Gasteiger partial charge in [-0.3, -0.25) is 4.79 Å². The summed E-state index contributed by atoms with van der Waals surface area (Å²) in [7, 11) is 1.23. The SMILES string of the molecule is COC(=O)c1cc(C#N)c(Cl)cc1NC(=O)Cc1cccc(-c2ccccc2)c1. The van der Waals surface area contributed by atoms with Crippen LogP contribution in [0.3, 0.4) is 0 Å². The van der Waals surface area contributed by atoms with Crippen LogP contribution in [0.1, 0.15) is 21.5 Å². The molecule has 0 spiro atoms. The van der Waals surface area contributed by atoms with Crippen molar-refractivity contribution in [3.63, 3.8) is 0 Å². The smallest absolute Gasteiger partial charge is 0.340 e. The van der Waals surface area contributed by atoms with E-state index in [1.807, 2.05) is 60.7 Å². The quantitative estimate of drug-likeness (QED) is 0.616. The van der Waals surface area contributed by atoms with Crippen molar-refractivity contribution < 1.29 is 14.3 Å². The number of nitrogens with one attached hydrogen (secondary N) is 1. The lowest BCUT2D eigenvalue weighted by molar-refractivity contribution is -0.115. The van der Waals surface area contributed by atoms with E-state index in [9.17, 15) is 9.59 Å². The van der Waals surface area contributed by atoms with Gasteiger partial charge in [0.2, 0.25) is 5.91 Å². The number of nitrogens with zero attached hydrogens (tertiary/aromatic N) is 1. The molecule has 6 heteroatoms. The Morgan fingerprint density at radius 3 is 2.45 bits per heavy atom. The molecular weight excluding hydrogens is 388 g/mol. The molecule has 0 saturated carbocycles. The predicted octanol–water partition coefficient (Wildman–Crippen LogP) is 4.85. The Labute approximate surface area is 173 Å². The van der Waals surface area contributed by atoms with Crippen LogP contribution < -0.4 is 5.32 Å². The van der Waals surface area contributed by atoms with Crippen LogP contribution in [0.25, 0.3) is 11.1 Å². The Bertz CT molecular complexity index is 1100. The molecule has 0 fully saturated rings. The number of nitriles is 1. The number of hydrogen-bond acceptors (Lipinski definition) is 4. The van der Waals surface area contributed by atoms with Crippen LogP contribution >= 0.6 is 11.6 Å². The lowest BCUT2D eigenvalue weighted by atomic mass is 10.0. The van der Waals surface area contributed by atoms with E-state index < -0.39 is 5.97 Å². The Hall–Kier alpha value is -3.62. The number of amides is 1. The molecule has 0 radical (unpaired) electrons. The largest absolute Gasteiger partial charge is 0.465 e. The second-order valence-corrected chi connectivity index (χ2v) is 6.68. The minimum absolute atomic E-state index is 0.0693. The fraction of sp³-hybridized carbons (Fsp3) is 0.0870. The number of ether oxygens (including phenoxy) is 1. The van der Waals surface area contributed by atoms with Crippen molar-refractivity contribution in [1.82, 2.24) is 0 Å². The van der Waals surface area contributed by atoms with Crippen LogP contribution in [0.5, 0.6) is 0 Å². The molecule has 0 atom stereocenters. The molecule has 3 rings (SSSR count). The molecule has 0 aliphatic heterocycles. The molecule has 0 bridgehead atoms. The fourth-order valence-corrected chi connectivity index (χ4v) is 3.12. The molecule has 1 amide bonds. The standard InChI is InChI=1S/C23H17ClN2O3/c1-29-23(28)19-12-18(14-25)20(24)13-21(19)26-22(27)11-15-6-5-9-17(10-15)16-7-3-2-4-8-16/h2-10,12-13H,11H2,1H3,(H,26,27). The van der Waals surface area contributed by atoms with Crippen LogP contribution in [-0.4, -0.2) is 19.0 Å². The molecule has 5 nitrogen and oxygen atoms in total. The van der Waals surface area contributed by atoms with Gasteiger partial charge in [0.05, 0.1) is 35.4 Å². The Kier molecular flexibility index (Phi) is 6.28. The topological polar surface area (TPSA) is 79.2 Å². The van der Waals surface area contributed by atoms with Crippen molar-refractivity contribution >= 4 is 29.2 Å². The molecular formula is C23H17ClN2O3. The van der Waals surface area contributed by atoms with Gasteiger partial charge >= 0.3 is 5.97 Å². The first-order valence-electron chi connectivity index (χ1n) is 8.78. The summed E-state index contributed by atoms with van der Waals surface area (Å²) in [5, 5.41) is 11.9. The maximum absolute atomic E-state index is 12.6. The molecule has 3 aromatic carbocycles. The molecule has 29 heavy (non-hydrogen) atoms. The average molecular weight is 405 g/mol. The molecule has 144 valence electrons. The van der Waals surface area contributed by atoms with Gasteiger partial charge in [0.25, 0.3) is 0 Å². The number of halogens is 1. The van der Waals surface area contributed by atoms with Gasteiger partial charge in [0.1, 0.15) is 6.07 Å². The highest BCUT2D eigenvalue weighted by Gasteiger charge is 2.18. The average Bonchev–Trinajstić information content (AvgIpc) is 2.74. The van der Waals surface area contributed by atoms with Gasteiger partial charge < -0.3 is 10.1 Å². The lowest BCUT2D eigenvalue weighted by Gasteiger charge is -2.12. The van der Waals surface area contributed by atoms with Gasteiger partial charge in [-0.1, -0.05) is 66.2 Å². The summed E-state index contributed by atoms with van der Waals surface area (Å²) < 4.78 is 4.74. The van der Waals surface area contributed by atoms with Gasteiger partial charge in [-0.2, -0.15) is 5.26 Å². The molecule has 0 saturated heterocycles. The molecule has 0 aliphatic rings. The summed E-state index contributed by atoms with van der Waals surface area (Å²) >= 11 is 6.06. The molecule has 1 N–H and O–H groups in total. The van der Waals surface area contributed by atoms with Crippen molar-refractivity contribution in [3.8, 4) is 17.2 Å². The van der Waals surface area contributed by atoms with Crippen molar-refractivity contribution in [2.75, 3.05) is 12.4 Å². The highest BCUT2D eigenvalue weighted by molar-refractivity contribution is 6.32. The summed E-state index contributed by atoms with van der Waals surface area (Å²) in [6.07, 6.45) is 0.110. The molecule has 0 unspecified atom stereocenters. The second-order valence-electron chi connectivity index (χ2n) is 6.27. The third-order valence-electron chi connectivity index (χ3n) is 4.31. The van der Waals surface area contributed by atoms with E-state index in [0.717, 1.165) is 16.7 Å². The van der Waals surface area contributed by atoms with E-state index in [1.165, 1.54) is 19.2 Å². The van der Waals surface area contributed by atoms with Gasteiger partial charge in [0.15, 0.2) is 0 Å². The second kappa shape index (κ2) is 9.05. The van der Waals surface area contributed by atoms with Crippen molar-refractivity contribution in [1.29, 1.82) is 5.26 Å². The predicted molar refractivity (Wildman–Crippen MR) is 112 cm³/mol. The first-order valence-corrected chi connectivity index (χ1v) is 9.16. The Balaban J connectivity index is 1.82. The van der Waals surface area contributed by atoms with Crippen LogP contribution in [0.4, 0.5) is 5.69 Å². The van der Waals surface area contributed by atoms with E-state index in [0.29, 0.717) is 0 Å². The number of methoxy groups -OCH3 is 1. The zero-order valence-electron chi connectivity index (χ0n) is 15.6. The number of carbonyl (C=O) groups excluding carboxylic acids is 2. The van der Waals surface area contributed by atoms with Crippen molar-refractivity contribution in [2.45, 2.75) is 6.42 Å². The summed E-state index contributed by atoms with van der Waals surface area (Å²) in [6, 6.07) is 22.1. The minimum atomic E-state index is -0.667. The Morgan fingerprint density at radius 1 is 1.03 bits per heavy atom. The maximum Gasteiger partial charge on any atom is 0.340 e. The summed E-state index contributed by atoms with van der Waals surface area (Å²) in [6.45, 7) is 0. The molecule has 0 heterocycles. The van der Waals surface area contributed by atoms with Crippen LogP contribution in [0.2, 0.25) is 5.02 Å². The van der Waals surface area contributed by atoms with Crippen LogP contribution in [0.15, 0.2) is 66.7 Å². The van der Waals surface area contributed by atoms with Crippen LogP contribution in [-0.2, 0) is 16.0 Å². The van der Waals surface area contributed by atoms with Crippen LogP contribution in [0, 0.1) is 11.3 Å². The summed E-state index contributed by atoms with van der Waals surface area (Å²) in [5.41, 5.74) is 3.28. The summed E-state index contributed by atoms with van der Waals surface area (Å²) in [4.78, 5) is 24.6. The Morgan fingerprint density at radius 2 is 1.76 bits per heavy atom. The van der Waals surface area contributed by atoms with Gasteiger partial charge in [-0.25, -0.2) is 4.79 Å². The first kappa shape index (κ1) is 20.1. The molecule has 0 aliphatic carbocycles. The first-order chi connectivity index (χ1) is 14.0. The lowest BCUT2D eigenvalue weighted by Crippen LogP contribution is -2.17. The van der Waals surface area contributed by atoms with E-state index in [1.54, 1.807) is 0 Å². The van der Waals surface area contributed by atoms with E-state index in [2.05, 4.69) is 5.32 Å². The van der Waals surface area contributed by atoms with Crippen molar-refractivity contribution in [2.24, 2.45) is 0 Å². The third kappa shape index (κ3) is 4.81. The molecule has 3 aromatic rings. The van der Waals surface area contributed by atoms with E-state index in [4.69, 9.17) is 21.6 Å². The van der Waals surface area contributed by atoms with Crippen molar-refractivity contribution in [3.05, 3.63) is 88.4 Å². The van der Waals surface area contributed by atoms with E-state index in [-0.39, 0.29) is 34.2 Å². The summed E-state index contributed by atoms with van der Waals surface area (Å²) in [5.74, 6) is -0.985. The van der Waals surface area contributed by atoms with Gasteiger partial charge in [-0.05, 0) is 28.8 Å². The normalized spacial score (nSPS) is 10.1. The molecule has 0 aromatic heterocycles. The highest BCUT2D eigenvalue weighted by Crippen LogP contribution is 2.26. The number of esters is 1. The number of hydrogen-bond donors (Lipinski definition) is 1. The fourth-order valence-electron chi connectivity index (χ4n) is 2.91. The van der Waals surface area contributed by atoms with E-state index >= 15 is 0 Å². The monoisotopic (exact) mass is 404 g/mol.